The number of hydrogen-bond donors (Lipinski definition) is 1. The van der Waals surface area contributed by atoms with Crippen molar-refractivity contribution in [3.63, 3.8) is 0 Å². The molecule has 76 valence electrons. The van der Waals surface area contributed by atoms with Crippen LogP contribution in [0.1, 0.15) is 17.9 Å². The molecular weight excluding hydrogens is 174 g/mol. The van der Waals surface area contributed by atoms with Gasteiger partial charge in [-0.3, -0.25) is 0 Å². The first-order valence-corrected chi connectivity index (χ1v) is 5.24. The van der Waals surface area contributed by atoms with Crippen LogP contribution in [0.5, 0.6) is 0 Å². The van der Waals surface area contributed by atoms with Crippen molar-refractivity contribution < 1.29 is 4.74 Å². The molecule has 2 unspecified atom stereocenters. The third-order valence-corrected chi connectivity index (χ3v) is 3.00. The van der Waals surface area contributed by atoms with Crippen LogP contribution in [0.25, 0.3) is 0 Å². The predicted octanol–water partition coefficient (Wildman–Crippen LogP) is 1.77. The van der Waals surface area contributed by atoms with Crippen molar-refractivity contribution in [1.29, 1.82) is 0 Å². The predicted molar refractivity (Wildman–Crippen MR) is 57.2 cm³/mol. The molecule has 1 aliphatic rings. The molecule has 1 aromatic rings. The van der Waals surface area contributed by atoms with Crippen LogP contribution in [0, 0.1) is 5.92 Å². The molecule has 0 saturated carbocycles. The van der Waals surface area contributed by atoms with Crippen molar-refractivity contribution >= 4 is 0 Å². The Balaban J connectivity index is 2.15. The second-order valence-electron chi connectivity index (χ2n) is 3.88. The van der Waals surface area contributed by atoms with Gasteiger partial charge in [0.25, 0.3) is 0 Å². The molecular formula is C12H17NO. The van der Waals surface area contributed by atoms with Crippen LogP contribution < -0.4 is 5.73 Å². The second kappa shape index (κ2) is 4.58. The van der Waals surface area contributed by atoms with Gasteiger partial charge in [-0.15, -0.1) is 0 Å². The summed E-state index contributed by atoms with van der Waals surface area (Å²) in [4.78, 5) is 0. The molecule has 2 atom stereocenters. The van der Waals surface area contributed by atoms with E-state index in [9.17, 15) is 0 Å². The van der Waals surface area contributed by atoms with E-state index < -0.39 is 0 Å². The fourth-order valence-electron chi connectivity index (χ4n) is 2.17. The molecule has 0 amide bonds. The maximum Gasteiger partial charge on any atom is 0.0512 e. The fourth-order valence-corrected chi connectivity index (χ4v) is 2.17. The molecule has 0 radical (unpaired) electrons. The smallest absolute Gasteiger partial charge is 0.0512 e. The van der Waals surface area contributed by atoms with Gasteiger partial charge in [0.15, 0.2) is 0 Å². The second-order valence-corrected chi connectivity index (χ2v) is 3.88. The molecule has 1 heterocycles. The lowest BCUT2D eigenvalue weighted by Crippen LogP contribution is -2.31. The Labute approximate surface area is 85.1 Å². The molecule has 0 bridgehead atoms. The van der Waals surface area contributed by atoms with Gasteiger partial charge >= 0.3 is 0 Å². The molecule has 14 heavy (non-hydrogen) atoms. The summed E-state index contributed by atoms with van der Waals surface area (Å²) in [5.74, 6) is 1.08. The number of nitrogens with two attached hydrogens (primary N) is 1. The maximum absolute atomic E-state index is 5.75. The van der Waals surface area contributed by atoms with E-state index in [1.807, 2.05) is 0 Å². The highest BCUT2D eigenvalue weighted by atomic mass is 16.5. The first kappa shape index (κ1) is 9.69. The highest BCUT2D eigenvalue weighted by molar-refractivity contribution is 5.20. The standard InChI is InChI=1S/C12H17NO/c13-8-11-9-14-7-6-12(11)10-4-2-1-3-5-10/h1-5,11-12H,6-9,13H2. The molecule has 2 nitrogen and oxygen atoms in total. The molecule has 2 rings (SSSR count). The van der Waals surface area contributed by atoms with E-state index in [1.54, 1.807) is 0 Å². The minimum absolute atomic E-state index is 0.492. The molecule has 1 fully saturated rings. The highest BCUT2D eigenvalue weighted by Gasteiger charge is 2.25. The van der Waals surface area contributed by atoms with Crippen LogP contribution in [0.2, 0.25) is 0 Å². The Morgan fingerprint density at radius 2 is 2.07 bits per heavy atom. The molecule has 0 spiro atoms. The maximum atomic E-state index is 5.75. The van der Waals surface area contributed by atoms with Crippen LogP contribution in [0.4, 0.5) is 0 Å². The van der Waals surface area contributed by atoms with Crippen molar-refractivity contribution in [3.05, 3.63) is 35.9 Å². The van der Waals surface area contributed by atoms with Gasteiger partial charge in [0, 0.05) is 12.5 Å². The first-order chi connectivity index (χ1) is 6.92. The van der Waals surface area contributed by atoms with Crippen LogP contribution in [0.3, 0.4) is 0 Å². The molecule has 1 aliphatic heterocycles. The molecule has 2 heteroatoms. The zero-order chi connectivity index (χ0) is 9.80. The lowest BCUT2D eigenvalue weighted by Gasteiger charge is -2.30. The normalized spacial score (nSPS) is 27.5. The average molecular weight is 191 g/mol. The molecule has 0 aliphatic carbocycles. The van der Waals surface area contributed by atoms with Gasteiger partial charge in [0.2, 0.25) is 0 Å². The van der Waals surface area contributed by atoms with E-state index >= 15 is 0 Å². The number of rotatable bonds is 2. The molecule has 1 aromatic carbocycles. The molecule has 0 aromatic heterocycles. The summed E-state index contributed by atoms with van der Waals surface area (Å²) in [7, 11) is 0. The largest absolute Gasteiger partial charge is 0.381 e. The number of benzene rings is 1. The average Bonchev–Trinajstić information content (AvgIpc) is 2.30. The Morgan fingerprint density at radius 3 is 2.79 bits per heavy atom. The number of ether oxygens (including phenoxy) is 1. The Bertz CT molecular complexity index is 273. The third kappa shape index (κ3) is 1.97. The van der Waals surface area contributed by atoms with Crippen molar-refractivity contribution in [2.24, 2.45) is 11.7 Å². The van der Waals surface area contributed by atoms with Crippen LogP contribution in [0.15, 0.2) is 30.3 Å². The summed E-state index contributed by atoms with van der Waals surface area (Å²) < 4.78 is 5.44. The molecule has 2 N–H and O–H groups in total. The van der Waals surface area contributed by atoms with Crippen molar-refractivity contribution in [1.82, 2.24) is 0 Å². The van der Waals surface area contributed by atoms with Crippen LogP contribution >= 0.6 is 0 Å². The quantitative estimate of drug-likeness (QED) is 0.773. The summed E-state index contributed by atoms with van der Waals surface area (Å²) in [6.45, 7) is 2.41. The van der Waals surface area contributed by atoms with E-state index in [4.69, 9.17) is 10.5 Å². The summed E-state index contributed by atoms with van der Waals surface area (Å²) in [5, 5.41) is 0. The van der Waals surface area contributed by atoms with Gasteiger partial charge in [-0.1, -0.05) is 30.3 Å². The Morgan fingerprint density at radius 1 is 1.29 bits per heavy atom. The van der Waals surface area contributed by atoms with E-state index in [2.05, 4.69) is 30.3 Å². The highest BCUT2D eigenvalue weighted by Crippen LogP contribution is 2.30. The minimum atomic E-state index is 0.492. The van der Waals surface area contributed by atoms with E-state index in [-0.39, 0.29) is 0 Å². The first-order valence-electron chi connectivity index (χ1n) is 5.24. The topological polar surface area (TPSA) is 35.2 Å². The van der Waals surface area contributed by atoms with Gasteiger partial charge in [-0.05, 0) is 24.4 Å². The Hall–Kier alpha value is -0.860. The van der Waals surface area contributed by atoms with E-state index in [1.165, 1.54) is 5.56 Å². The Kier molecular flexibility index (Phi) is 3.17. The van der Waals surface area contributed by atoms with Gasteiger partial charge in [-0.2, -0.15) is 0 Å². The van der Waals surface area contributed by atoms with Crippen molar-refractivity contribution in [3.8, 4) is 0 Å². The van der Waals surface area contributed by atoms with Crippen LogP contribution in [-0.2, 0) is 4.74 Å². The lowest BCUT2D eigenvalue weighted by atomic mass is 9.83. The summed E-state index contributed by atoms with van der Waals surface area (Å²) in [6, 6.07) is 10.6. The van der Waals surface area contributed by atoms with Crippen molar-refractivity contribution in [2.45, 2.75) is 12.3 Å². The monoisotopic (exact) mass is 191 g/mol. The van der Waals surface area contributed by atoms with Gasteiger partial charge in [0.05, 0.1) is 6.61 Å². The molecule has 1 saturated heterocycles. The summed E-state index contributed by atoms with van der Waals surface area (Å²) >= 11 is 0. The third-order valence-electron chi connectivity index (χ3n) is 3.00. The zero-order valence-electron chi connectivity index (χ0n) is 8.36. The van der Waals surface area contributed by atoms with E-state index in [0.29, 0.717) is 11.8 Å². The lowest BCUT2D eigenvalue weighted by molar-refractivity contribution is 0.0436. The minimum Gasteiger partial charge on any atom is -0.381 e. The van der Waals surface area contributed by atoms with E-state index in [0.717, 1.165) is 26.2 Å². The zero-order valence-corrected chi connectivity index (χ0v) is 8.36. The fraction of sp³-hybridized carbons (Fsp3) is 0.500. The van der Waals surface area contributed by atoms with Gasteiger partial charge < -0.3 is 10.5 Å². The SMILES string of the molecule is NCC1COCCC1c1ccccc1. The number of hydrogen-bond acceptors (Lipinski definition) is 2. The summed E-state index contributed by atoms with van der Waals surface area (Å²) in [5.41, 5.74) is 7.16. The van der Waals surface area contributed by atoms with Crippen LogP contribution in [-0.4, -0.2) is 19.8 Å². The van der Waals surface area contributed by atoms with Gasteiger partial charge in [0.1, 0.15) is 0 Å². The van der Waals surface area contributed by atoms with Gasteiger partial charge in [-0.25, -0.2) is 0 Å². The van der Waals surface area contributed by atoms with Crippen molar-refractivity contribution in [2.75, 3.05) is 19.8 Å². The summed E-state index contributed by atoms with van der Waals surface area (Å²) in [6.07, 6.45) is 1.10.